The van der Waals surface area contributed by atoms with Crippen LogP contribution in [-0.4, -0.2) is 24.4 Å². The van der Waals surface area contributed by atoms with Gasteiger partial charge in [0.15, 0.2) is 0 Å². The standard InChI is InChI=1S/C24H27NO3/c1-6-13-25-22(7-2)21(19-10-8-9-16(3)17(19)4)14-18-11-12-20(24(26)27)23(15-18)28-5/h7-15H,6H2,1-5H3,(H,26,27)/b21-14-,22-7-,25-13?. The molecule has 1 N–H and O–H groups in total. The number of nitrogens with zero attached hydrogens (tertiary/aromatic N) is 1. The van der Waals surface area contributed by atoms with Gasteiger partial charge in [0.2, 0.25) is 0 Å². The largest absolute Gasteiger partial charge is 0.496 e. The number of aryl methyl sites for hydroxylation is 1. The van der Waals surface area contributed by atoms with Crippen molar-refractivity contribution in [1.82, 2.24) is 0 Å². The van der Waals surface area contributed by atoms with Crippen LogP contribution in [0.4, 0.5) is 0 Å². The van der Waals surface area contributed by atoms with Crippen LogP contribution in [0.15, 0.2) is 53.2 Å². The van der Waals surface area contributed by atoms with Gasteiger partial charge in [-0.2, -0.15) is 0 Å². The Bertz CT molecular complexity index is 952. The van der Waals surface area contributed by atoms with Gasteiger partial charge in [-0.1, -0.05) is 37.3 Å². The maximum Gasteiger partial charge on any atom is 0.339 e. The number of rotatable bonds is 7. The number of ether oxygens (including phenoxy) is 1. The highest BCUT2D eigenvalue weighted by Crippen LogP contribution is 2.32. The molecule has 0 aliphatic carbocycles. The van der Waals surface area contributed by atoms with Crippen LogP contribution in [0.2, 0.25) is 0 Å². The van der Waals surface area contributed by atoms with Crippen molar-refractivity contribution in [3.63, 3.8) is 0 Å². The van der Waals surface area contributed by atoms with Gasteiger partial charge < -0.3 is 9.84 Å². The highest BCUT2D eigenvalue weighted by atomic mass is 16.5. The lowest BCUT2D eigenvalue weighted by atomic mass is 9.93. The van der Waals surface area contributed by atoms with E-state index in [2.05, 4.69) is 31.0 Å². The van der Waals surface area contributed by atoms with Crippen molar-refractivity contribution in [2.75, 3.05) is 7.11 Å². The monoisotopic (exact) mass is 377 g/mol. The number of carboxylic acid groups (broad SMARTS) is 1. The van der Waals surface area contributed by atoms with E-state index in [9.17, 15) is 9.90 Å². The zero-order valence-corrected chi connectivity index (χ0v) is 17.1. The molecule has 0 bridgehead atoms. The third-order valence-corrected chi connectivity index (χ3v) is 4.62. The molecule has 0 unspecified atom stereocenters. The van der Waals surface area contributed by atoms with Crippen LogP contribution < -0.4 is 4.74 Å². The SMILES string of the molecule is C/C=C(N=CCC)/C(=C\c1ccc(C(=O)O)c(OC)c1)c1cccc(C)c1C. The van der Waals surface area contributed by atoms with Gasteiger partial charge in [0, 0.05) is 11.8 Å². The predicted molar refractivity (Wildman–Crippen MR) is 116 cm³/mol. The first kappa shape index (κ1) is 21.2. The third-order valence-electron chi connectivity index (χ3n) is 4.62. The summed E-state index contributed by atoms with van der Waals surface area (Å²) in [6.07, 6.45) is 6.75. The predicted octanol–water partition coefficient (Wildman–Crippen LogP) is 5.94. The Balaban J connectivity index is 2.70. The van der Waals surface area contributed by atoms with E-state index < -0.39 is 5.97 Å². The maximum absolute atomic E-state index is 11.4. The van der Waals surface area contributed by atoms with E-state index >= 15 is 0 Å². The summed E-state index contributed by atoms with van der Waals surface area (Å²) in [6.45, 7) is 8.21. The average Bonchev–Trinajstić information content (AvgIpc) is 2.69. The molecule has 28 heavy (non-hydrogen) atoms. The lowest BCUT2D eigenvalue weighted by molar-refractivity contribution is 0.0693. The maximum atomic E-state index is 11.4. The molecule has 0 saturated heterocycles. The van der Waals surface area contributed by atoms with Crippen molar-refractivity contribution in [3.8, 4) is 5.75 Å². The van der Waals surface area contributed by atoms with E-state index in [1.165, 1.54) is 18.2 Å². The van der Waals surface area contributed by atoms with E-state index in [1.807, 2.05) is 38.3 Å². The van der Waals surface area contributed by atoms with E-state index in [4.69, 9.17) is 4.74 Å². The summed E-state index contributed by atoms with van der Waals surface area (Å²) in [5.74, 6) is -0.676. The zero-order chi connectivity index (χ0) is 20.7. The molecular formula is C24H27NO3. The van der Waals surface area contributed by atoms with Gasteiger partial charge in [-0.05, 0) is 67.7 Å². The smallest absolute Gasteiger partial charge is 0.339 e. The van der Waals surface area contributed by atoms with Gasteiger partial charge >= 0.3 is 5.97 Å². The molecule has 4 heteroatoms. The van der Waals surface area contributed by atoms with Crippen LogP contribution in [0.1, 0.15) is 52.9 Å². The van der Waals surface area contributed by atoms with Crippen molar-refractivity contribution in [2.24, 2.45) is 4.99 Å². The normalized spacial score (nSPS) is 12.5. The first-order valence-corrected chi connectivity index (χ1v) is 9.31. The van der Waals surface area contributed by atoms with Gasteiger partial charge in [-0.25, -0.2) is 4.79 Å². The molecule has 0 atom stereocenters. The summed E-state index contributed by atoms with van der Waals surface area (Å²) >= 11 is 0. The molecule has 146 valence electrons. The lowest BCUT2D eigenvalue weighted by Crippen LogP contribution is -2.00. The van der Waals surface area contributed by atoms with Crippen molar-refractivity contribution in [2.45, 2.75) is 34.1 Å². The van der Waals surface area contributed by atoms with E-state index in [0.29, 0.717) is 5.75 Å². The van der Waals surface area contributed by atoms with Gasteiger partial charge in [-0.3, -0.25) is 4.99 Å². The Morgan fingerprint density at radius 3 is 2.54 bits per heavy atom. The number of benzene rings is 2. The number of hydrogen-bond donors (Lipinski definition) is 1. The van der Waals surface area contributed by atoms with Crippen molar-refractivity contribution >= 4 is 23.8 Å². The quantitative estimate of drug-likeness (QED) is 0.369. The second kappa shape index (κ2) is 9.70. The topological polar surface area (TPSA) is 58.9 Å². The summed E-state index contributed by atoms with van der Waals surface area (Å²) < 4.78 is 5.27. The Hall–Kier alpha value is -3.14. The molecule has 0 aliphatic heterocycles. The zero-order valence-electron chi connectivity index (χ0n) is 17.1. The highest BCUT2D eigenvalue weighted by molar-refractivity contribution is 5.95. The van der Waals surface area contributed by atoms with E-state index in [0.717, 1.165) is 28.8 Å². The van der Waals surface area contributed by atoms with Crippen molar-refractivity contribution in [3.05, 3.63) is 76.0 Å². The molecule has 2 rings (SSSR count). The Kier molecular flexibility index (Phi) is 7.33. The summed E-state index contributed by atoms with van der Waals surface area (Å²) in [5.41, 5.74) is 6.34. The molecule has 0 aliphatic rings. The molecular weight excluding hydrogens is 350 g/mol. The molecule has 0 radical (unpaired) electrons. The Morgan fingerprint density at radius 2 is 1.93 bits per heavy atom. The number of carboxylic acids is 1. The fraction of sp³-hybridized carbons (Fsp3) is 0.250. The summed E-state index contributed by atoms with van der Waals surface area (Å²) in [7, 11) is 1.48. The van der Waals surface area contributed by atoms with Gasteiger partial charge in [-0.15, -0.1) is 0 Å². The lowest BCUT2D eigenvalue weighted by Gasteiger charge is -2.14. The number of allylic oxidation sites excluding steroid dienone is 2. The molecule has 2 aromatic rings. The minimum Gasteiger partial charge on any atom is -0.496 e. The Labute approximate surface area is 166 Å². The molecule has 0 fully saturated rings. The van der Waals surface area contributed by atoms with Crippen LogP contribution >= 0.6 is 0 Å². The van der Waals surface area contributed by atoms with Crippen LogP contribution in [0.25, 0.3) is 11.6 Å². The first-order valence-electron chi connectivity index (χ1n) is 9.31. The molecule has 0 spiro atoms. The van der Waals surface area contributed by atoms with Crippen LogP contribution in [0, 0.1) is 13.8 Å². The van der Waals surface area contributed by atoms with Gasteiger partial charge in [0.1, 0.15) is 11.3 Å². The molecule has 0 amide bonds. The summed E-state index contributed by atoms with van der Waals surface area (Å²) in [5, 5.41) is 9.31. The van der Waals surface area contributed by atoms with Crippen molar-refractivity contribution in [1.29, 1.82) is 0 Å². The number of aliphatic imine (C=N–C) groups is 1. The molecule has 4 nitrogen and oxygen atoms in total. The second-order valence-electron chi connectivity index (χ2n) is 6.46. The van der Waals surface area contributed by atoms with Gasteiger partial charge in [0.25, 0.3) is 0 Å². The first-order chi connectivity index (χ1) is 13.4. The molecule has 0 heterocycles. The molecule has 2 aromatic carbocycles. The van der Waals surface area contributed by atoms with Crippen molar-refractivity contribution < 1.29 is 14.6 Å². The van der Waals surface area contributed by atoms with E-state index in [1.54, 1.807) is 18.2 Å². The van der Waals surface area contributed by atoms with E-state index in [-0.39, 0.29) is 5.56 Å². The Morgan fingerprint density at radius 1 is 1.18 bits per heavy atom. The van der Waals surface area contributed by atoms with Crippen LogP contribution in [-0.2, 0) is 0 Å². The average molecular weight is 377 g/mol. The third kappa shape index (κ3) is 4.77. The number of carbonyl (C=O) groups is 1. The fourth-order valence-corrected chi connectivity index (χ4v) is 2.96. The minimum atomic E-state index is -1.01. The molecule has 0 aromatic heterocycles. The summed E-state index contributed by atoms with van der Waals surface area (Å²) in [6, 6.07) is 11.3. The van der Waals surface area contributed by atoms with Crippen LogP contribution in [0.5, 0.6) is 5.75 Å². The molecule has 0 saturated carbocycles. The number of hydrogen-bond acceptors (Lipinski definition) is 3. The summed E-state index contributed by atoms with van der Waals surface area (Å²) in [4.78, 5) is 16.0. The number of methoxy groups -OCH3 is 1. The van der Waals surface area contributed by atoms with Crippen LogP contribution in [0.3, 0.4) is 0 Å². The number of aromatic carboxylic acids is 1. The second-order valence-corrected chi connectivity index (χ2v) is 6.46. The fourth-order valence-electron chi connectivity index (χ4n) is 2.96. The van der Waals surface area contributed by atoms with Gasteiger partial charge in [0.05, 0.1) is 12.8 Å². The highest BCUT2D eigenvalue weighted by Gasteiger charge is 2.14. The minimum absolute atomic E-state index is 0.142.